The first kappa shape index (κ1) is 18.4. The molecule has 1 atom stereocenters. The lowest BCUT2D eigenvalue weighted by molar-refractivity contribution is 0.309. The molecule has 136 valence electrons. The maximum atomic E-state index is 6.07. The molecule has 0 N–H and O–H groups in total. The molecular weight excluding hydrogens is 328 g/mol. The second-order valence-corrected chi connectivity index (χ2v) is 8.08. The third-order valence-electron chi connectivity index (χ3n) is 4.78. The predicted octanol–water partition coefficient (Wildman–Crippen LogP) is 6.77. The number of ether oxygens (including phenoxy) is 2. The van der Waals surface area contributed by atoms with E-state index in [-0.39, 0.29) is 0 Å². The van der Waals surface area contributed by atoms with Crippen molar-refractivity contribution in [2.45, 2.75) is 57.6 Å². The van der Waals surface area contributed by atoms with Crippen LogP contribution in [0.15, 0.2) is 30.3 Å². The first-order valence-electron chi connectivity index (χ1n) is 9.77. The number of rotatable bonds is 9. The normalized spacial score (nSPS) is 17.1. The van der Waals surface area contributed by atoms with Crippen LogP contribution in [0.2, 0.25) is 0 Å². The molecule has 1 saturated heterocycles. The van der Waals surface area contributed by atoms with Crippen molar-refractivity contribution in [2.24, 2.45) is 0 Å². The van der Waals surface area contributed by atoms with Crippen LogP contribution < -0.4 is 9.47 Å². The highest BCUT2D eigenvalue weighted by Gasteiger charge is 2.21. The SMILES string of the molecule is CCCCOc1ccc2c(OCCCC)ccc(C3CCCS3)c2c1. The zero-order valence-corrected chi connectivity index (χ0v) is 16.4. The second-order valence-electron chi connectivity index (χ2n) is 6.77. The van der Waals surface area contributed by atoms with Crippen LogP contribution in [0.4, 0.5) is 0 Å². The molecule has 0 saturated carbocycles. The van der Waals surface area contributed by atoms with Crippen LogP contribution >= 0.6 is 11.8 Å². The topological polar surface area (TPSA) is 18.5 Å². The van der Waals surface area contributed by atoms with Gasteiger partial charge in [0.15, 0.2) is 0 Å². The molecular formula is C22H30O2S. The Bertz CT molecular complexity index is 677. The Kier molecular flexibility index (Phi) is 6.92. The van der Waals surface area contributed by atoms with Crippen molar-refractivity contribution in [3.05, 3.63) is 35.9 Å². The second kappa shape index (κ2) is 9.38. The third kappa shape index (κ3) is 4.63. The fraction of sp³-hybridized carbons (Fsp3) is 0.545. The zero-order chi connectivity index (χ0) is 17.5. The Labute approximate surface area is 156 Å². The fourth-order valence-electron chi connectivity index (χ4n) is 3.30. The molecule has 1 aliphatic heterocycles. The summed E-state index contributed by atoms with van der Waals surface area (Å²) in [6.45, 7) is 5.97. The van der Waals surface area contributed by atoms with Crippen molar-refractivity contribution in [2.75, 3.05) is 19.0 Å². The molecule has 3 heteroatoms. The first-order valence-corrected chi connectivity index (χ1v) is 10.8. The van der Waals surface area contributed by atoms with Crippen molar-refractivity contribution in [3.63, 3.8) is 0 Å². The molecule has 0 spiro atoms. The molecule has 1 fully saturated rings. The maximum Gasteiger partial charge on any atom is 0.127 e. The Hall–Kier alpha value is -1.35. The number of benzene rings is 2. The standard InChI is InChI=1S/C22H30O2S/c1-3-5-13-23-17-9-10-18-20(16-17)19(22-8-7-15-25-22)11-12-21(18)24-14-6-4-2/h9-12,16,22H,3-8,13-15H2,1-2H3. The Morgan fingerprint density at radius 1 is 0.960 bits per heavy atom. The fourth-order valence-corrected chi connectivity index (χ4v) is 4.64. The van der Waals surface area contributed by atoms with Crippen LogP contribution in [0.25, 0.3) is 10.8 Å². The van der Waals surface area contributed by atoms with Crippen LogP contribution in [-0.4, -0.2) is 19.0 Å². The molecule has 1 aliphatic rings. The lowest BCUT2D eigenvalue weighted by Crippen LogP contribution is -2.00. The molecule has 3 rings (SSSR count). The molecule has 1 heterocycles. The van der Waals surface area contributed by atoms with Crippen molar-refractivity contribution < 1.29 is 9.47 Å². The minimum absolute atomic E-state index is 0.609. The van der Waals surface area contributed by atoms with Crippen LogP contribution in [0.5, 0.6) is 11.5 Å². The van der Waals surface area contributed by atoms with Crippen molar-refractivity contribution in [3.8, 4) is 11.5 Å². The summed E-state index contributed by atoms with van der Waals surface area (Å²) in [5.74, 6) is 3.26. The third-order valence-corrected chi connectivity index (χ3v) is 6.20. The molecule has 2 nitrogen and oxygen atoms in total. The van der Waals surface area contributed by atoms with Gasteiger partial charge in [0.1, 0.15) is 11.5 Å². The maximum absolute atomic E-state index is 6.07. The average molecular weight is 359 g/mol. The van der Waals surface area contributed by atoms with Gasteiger partial charge in [-0.2, -0.15) is 11.8 Å². The molecule has 2 aromatic carbocycles. The number of hydrogen-bond donors (Lipinski definition) is 0. The van der Waals surface area contributed by atoms with Gasteiger partial charge in [-0.05, 0) is 66.7 Å². The highest BCUT2D eigenvalue weighted by Crippen LogP contribution is 2.44. The van der Waals surface area contributed by atoms with E-state index in [0.29, 0.717) is 5.25 Å². The van der Waals surface area contributed by atoms with Crippen LogP contribution in [0.3, 0.4) is 0 Å². The van der Waals surface area contributed by atoms with Gasteiger partial charge in [-0.25, -0.2) is 0 Å². The Morgan fingerprint density at radius 2 is 1.76 bits per heavy atom. The van der Waals surface area contributed by atoms with E-state index in [1.807, 2.05) is 0 Å². The highest BCUT2D eigenvalue weighted by molar-refractivity contribution is 7.99. The van der Waals surface area contributed by atoms with Crippen LogP contribution in [0, 0.1) is 0 Å². The van der Waals surface area contributed by atoms with Gasteiger partial charge < -0.3 is 9.47 Å². The summed E-state index contributed by atoms with van der Waals surface area (Å²) >= 11 is 2.08. The van der Waals surface area contributed by atoms with Gasteiger partial charge in [-0.15, -0.1) is 0 Å². The first-order chi connectivity index (χ1) is 12.3. The predicted molar refractivity (Wildman–Crippen MR) is 109 cm³/mol. The lowest BCUT2D eigenvalue weighted by Gasteiger charge is -2.17. The van der Waals surface area contributed by atoms with Gasteiger partial charge in [-0.1, -0.05) is 32.8 Å². The summed E-state index contributed by atoms with van der Waals surface area (Å²) in [4.78, 5) is 0. The molecule has 2 aromatic rings. The van der Waals surface area contributed by atoms with E-state index in [0.717, 1.165) is 50.4 Å². The molecule has 0 bridgehead atoms. The summed E-state index contributed by atoms with van der Waals surface area (Å²) in [5, 5.41) is 3.14. The highest BCUT2D eigenvalue weighted by atomic mass is 32.2. The quantitative estimate of drug-likeness (QED) is 0.461. The summed E-state index contributed by atoms with van der Waals surface area (Å²) < 4.78 is 12.0. The van der Waals surface area contributed by atoms with Gasteiger partial charge in [0.2, 0.25) is 0 Å². The van der Waals surface area contributed by atoms with Crippen molar-refractivity contribution in [1.82, 2.24) is 0 Å². The Balaban J connectivity index is 1.93. The largest absolute Gasteiger partial charge is 0.494 e. The molecule has 1 unspecified atom stereocenters. The van der Waals surface area contributed by atoms with Crippen molar-refractivity contribution >= 4 is 22.5 Å². The van der Waals surface area contributed by atoms with E-state index in [1.54, 1.807) is 0 Å². The zero-order valence-electron chi connectivity index (χ0n) is 15.6. The van der Waals surface area contributed by atoms with Gasteiger partial charge in [-0.3, -0.25) is 0 Å². The number of fused-ring (bicyclic) bond motifs is 1. The minimum atomic E-state index is 0.609. The monoisotopic (exact) mass is 358 g/mol. The minimum Gasteiger partial charge on any atom is -0.494 e. The summed E-state index contributed by atoms with van der Waals surface area (Å²) in [6, 6.07) is 11.0. The number of unbranched alkanes of at least 4 members (excludes halogenated alkanes) is 2. The summed E-state index contributed by atoms with van der Waals surface area (Å²) in [6.07, 6.45) is 7.11. The van der Waals surface area contributed by atoms with Gasteiger partial charge in [0, 0.05) is 10.6 Å². The van der Waals surface area contributed by atoms with E-state index in [4.69, 9.17) is 9.47 Å². The van der Waals surface area contributed by atoms with E-state index in [1.165, 1.54) is 34.9 Å². The van der Waals surface area contributed by atoms with Gasteiger partial charge >= 0.3 is 0 Å². The van der Waals surface area contributed by atoms with Gasteiger partial charge in [0.25, 0.3) is 0 Å². The van der Waals surface area contributed by atoms with E-state index in [2.05, 4.69) is 55.9 Å². The number of hydrogen-bond acceptors (Lipinski definition) is 3. The smallest absolute Gasteiger partial charge is 0.127 e. The average Bonchev–Trinajstić information content (AvgIpc) is 3.16. The van der Waals surface area contributed by atoms with Crippen LogP contribution in [-0.2, 0) is 0 Å². The van der Waals surface area contributed by atoms with Gasteiger partial charge in [0.05, 0.1) is 13.2 Å². The van der Waals surface area contributed by atoms with Crippen molar-refractivity contribution in [1.29, 1.82) is 0 Å². The molecule has 25 heavy (non-hydrogen) atoms. The molecule has 0 amide bonds. The molecule has 0 aromatic heterocycles. The Morgan fingerprint density at radius 3 is 2.48 bits per heavy atom. The number of thioether (sulfide) groups is 1. The van der Waals surface area contributed by atoms with Crippen LogP contribution in [0.1, 0.15) is 63.2 Å². The lowest BCUT2D eigenvalue weighted by atomic mass is 9.99. The van der Waals surface area contributed by atoms with E-state index < -0.39 is 0 Å². The summed E-state index contributed by atoms with van der Waals surface area (Å²) in [7, 11) is 0. The molecule has 0 radical (unpaired) electrons. The molecule has 0 aliphatic carbocycles. The summed E-state index contributed by atoms with van der Waals surface area (Å²) in [5.41, 5.74) is 1.45. The van der Waals surface area contributed by atoms with E-state index in [9.17, 15) is 0 Å². The van der Waals surface area contributed by atoms with E-state index >= 15 is 0 Å².